The van der Waals surface area contributed by atoms with Gasteiger partial charge in [-0.3, -0.25) is 24.1 Å². The number of nitrogens with zero attached hydrogens (tertiary/aromatic N) is 1. The Morgan fingerprint density at radius 1 is 0.750 bits per heavy atom. The lowest BCUT2D eigenvalue weighted by molar-refractivity contribution is -0.135. The van der Waals surface area contributed by atoms with Gasteiger partial charge in [0, 0.05) is 23.0 Å². The molecule has 1 saturated heterocycles. The summed E-state index contributed by atoms with van der Waals surface area (Å²) < 4.78 is 0. The molecule has 1 aliphatic heterocycles. The number of carbonyl (C=O) groups excluding carboxylic acids is 4. The second-order valence-corrected chi connectivity index (χ2v) is 14.3. The van der Waals surface area contributed by atoms with E-state index >= 15 is 9.59 Å². The van der Waals surface area contributed by atoms with Gasteiger partial charge in [-0.15, -0.1) is 0 Å². The van der Waals surface area contributed by atoms with E-state index in [1.807, 2.05) is 109 Å². The van der Waals surface area contributed by atoms with Crippen LogP contribution in [0.2, 0.25) is 0 Å². The van der Waals surface area contributed by atoms with Crippen LogP contribution in [0.3, 0.4) is 0 Å². The number of hydrogen-bond acceptors (Lipinski definition) is 5. The molecule has 254 valence electrons. The van der Waals surface area contributed by atoms with Crippen molar-refractivity contribution in [1.82, 2.24) is 0 Å². The van der Waals surface area contributed by atoms with E-state index in [4.69, 9.17) is 0 Å². The quantitative estimate of drug-likeness (QED) is 0.149. The van der Waals surface area contributed by atoms with Crippen molar-refractivity contribution in [3.63, 3.8) is 0 Å². The zero-order valence-corrected chi connectivity index (χ0v) is 28.3. The first kappa shape index (κ1) is 31.8. The van der Waals surface area contributed by atoms with E-state index in [0.29, 0.717) is 34.4 Å². The summed E-state index contributed by atoms with van der Waals surface area (Å²) in [6.45, 7) is 3.82. The maximum Gasteiger partial charge on any atom is 0.238 e. The van der Waals surface area contributed by atoms with Crippen LogP contribution in [0.15, 0.2) is 146 Å². The Balaban J connectivity index is 1.31. The fourth-order valence-corrected chi connectivity index (χ4v) is 9.79. The second-order valence-electron chi connectivity index (χ2n) is 14.3. The highest BCUT2D eigenvalue weighted by molar-refractivity contribution is 6.32. The molecule has 0 radical (unpaired) electrons. The summed E-state index contributed by atoms with van der Waals surface area (Å²) >= 11 is 0. The van der Waals surface area contributed by atoms with E-state index in [9.17, 15) is 14.7 Å². The highest BCUT2D eigenvalue weighted by Gasteiger charge is 2.66. The number of hydrogen-bond donors (Lipinski definition) is 1. The summed E-state index contributed by atoms with van der Waals surface area (Å²) in [5, 5.41) is 13.6. The van der Waals surface area contributed by atoms with Crippen molar-refractivity contribution in [1.29, 1.82) is 0 Å². The van der Waals surface area contributed by atoms with Crippen molar-refractivity contribution in [3.05, 3.63) is 168 Å². The zero-order chi connectivity index (χ0) is 35.7. The van der Waals surface area contributed by atoms with E-state index in [0.717, 1.165) is 21.9 Å². The van der Waals surface area contributed by atoms with Gasteiger partial charge >= 0.3 is 0 Å². The number of carbonyl (C=O) groups is 4. The van der Waals surface area contributed by atoms with Gasteiger partial charge in [0.15, 0.2) is 11.6 Å². The van der Waals surface area contributed by atoms with Gasteiger partial charge < -0.3 is 5.11 Å². The lowest BCUT2D eigenvalue weighted by Gasteiger charge is -2.55. The molecule has 2 amide bonds. The molecule has 1 saturated carbocycles. The Morgan fingerprint density at radius 3 is 2.17 bits per heavy atom. The van der Waals surface area contributed by atoms with Crippen LogP contribution in [0.25, 0.3) is 22.4 Å². The average Bonchev–Trinajstić information content (AvgIpc) is 3.45. The number of allylic oxidation sites excluding steroid dienone is 4. The summed E-state index contributed by atoms with van der Waals surface area (Å²) in [6.07, 6.45) is 5.73. The van der Waals surface area contributed by atoms with Crippen LogP contribution in [0, 0.1) is 23.7 Å². The van der Waals surface area contributed by atoms with Gasteiger partial charge in [0.1, 0.15) is 5.75 Å². The minimum absolute atomic E-state index is 0.0114. The number of amides is 2. The van der Waals surface area contributed by atoms with Gasteiger partial charge in [-0.2, -0.15) is 0 Å². The minimum atomic E-state index is -1.43. The van der Waals surface area contributed by atoms with E-state index in [1.165, 1.54) is 11.0 Å². The number of imide groups is 1. The van der Waals surface area contributed by atoms with Crippen LogP contribution in [0.5, 0.6) is 5.75 Å². The smallest absolute Gasteiger partial charge is 0.238 e. The summed E-state index contributed by atoms with van der Waals surface area (Å²) in [4.78, 5) is 60.7. The minimum Gasteiger partial charge on any atom is -0.508 e. The lowest BCUT2D eigenvalue weighted by atomic mass is 9.44. The third-order valence-electron chi connectivity index (χ3n) is 12.0. The molecule has 0 aromatic heterocycles. The Hall–Kier alpha value is -6.14. The third kappa shape index (κ3) is 4.43. The third-order valence-corrected chi connectivity index (χ3v) is 12.0. The molecule has 6 atom stereocenters. The molecule has 5 aromatic rings. The molecule has 52 heavy (non-hydrogen) atoms. The maximum absolute atomic E-state index is 15.3. The average molecular weight is 682 g/mol. The maximum atomic E-state index is 15.3. The normalized spacial score (nSPS) is 26.7. The number of rotatable bonds is 5. The Bertz CT molecular complexity index is 2390. The van der Waals surface area contributed by atoms with E-state index in [1.54, 1.807) is 24.3 Å². The molecule has 0 spiro atoms. The molecule has 1 heterocycles. The monoisotopic (exact) mass is 681 g/mol. The van der Waals surface area contributed by atoms with Gasteiger partial charge in [0.2, 0.25) is 11.8 Å². The van der Waals surface area contributed by atoms with Crippen molar-refractivity contribution in [3.8, 4) is 5.75 Å². The molecule has 3 aliphatic carbocycles. The van der Waals surface area contributed by atoms with Gasteiger partial charge in [-0.1, -0.05) is 127 Å². The first-order valence-corrected chi connectivity index (χ1v) is 17.8. The number of phenols is 1. The Labute approximate surface area is 301 Å². The summed E-state index contributed by atoms with van der Waals surface area (Å²) in [7, 11) is 0. The largest absolute Gasteiger partial charge is 0.508 e. The van der Waals surface area contributed by atoms with Crippen molar-refractivity contribution < 1.29 is 24.3 Å². The molecule has 6 nitrogen and oxygen atoms in total. The predicted octanol–water partition coefficient (Wildman–Crippen LogP) is 8.22. The number of Topliss-reactive ketones (excluding diaryl/α,β-unsaturated/α-hetero) is 1. The van der Waals surface area contributed by atoms with Crippen molar-refractivity contribution >= 4 is 51.5 Å². The number of phenolic OH excluding ortho intramolecular Hbond substituents is 1. The Morgan fingerprint density at radius 2 is 1.44 bits per heavy atom. The standard InChI is InChI=1S/C46H35NO5/c1-2-27-17-20-31(21-18-27)47-44(51)34-23-22-33-36(40(34)45(47)52)25-37-43(50)35(28-11-5-3-6-12-28)26-39(49)46(37,30-14-7-4-8-15-30)42(33)41-32-16-10-9-13-29(32)19-24-38(41)48/h2-22,24,26,34,36-37,40,42,48H,1,23,25H2. The fourth-order valence-electron chi connectivity index (χ4n) is 9.79. The highest BCUT2D eigenvalue weighted by atomic mass is 16.3. The Kier molecular flexibility index (Phi) is 7.33. The molecule has 6 heteroatoms. The molecule has 6 unspecified atom stereocenters. The highest BCUT2D eigenvalue weighted by Crippen LogP contribution is 2.65. The molecule has 9 rings (SSSR count). The number of fused-ring (bicyclic) bond motifs is 5. The zero-order valence-electron chi connectivity index (χ0n) is 28.3. The van der Waals surface area contributed by atoms with E-state index in [-0.39, 0.29) is 35.6 Å². The van der Waals surface area contributed by atoms with Crippen LogP contribution < -0.4 is 4.90 Å². The molecule has 1 N–H and O–H groups in total. The van der Waals surface area contributed by atoms with Gasteiger partial charge in [-0.25, -0.2) is 0 Å². The number of benzene rings is 5. The van der Waals surface area contributed by atoms with Crippen LogP contribution in [0.4, 0.5) is 5.69 Å². The van der Waals surface area contributed by atoms with Crippen LogP contribution >= 0.6 is 0 Å². The number of ketones is 2. The predicted molar refractivity (Wildman–Crippen MR) is 201 cm³/mol. The molecule has 5 aromatic carbocycles. The summed E-state index contributed by atoms with van der Waals surface area (Å²) in [5.74, 6) is -4.57. The molecular formula is C46H35NO5. The molecule has 2 fully saturated rings. The van der Waals surface area contributed by atoms with Gasteiger partial charge in [-0.05, 0) is 70.5 Å². The summed E-state index contributed by atoms with van der Waals surface area (Å²) in [5.41, 5.74) is 2.96. The SMILES string of the molecule is C=Cc1ccc(N2C(=O)C3CC=C4C(CC5C(=O)C(c6ccccc6)=CC(=O)C5(c5ccccc5)C4c4c(O)ccc5ccccc45)C3C2=O)cc1. The van der Waals surface area contributed by atoms with Gasteiger partial charge in [0.25, 0.3) is 0 Å². The first-order valence-electron chi connectivity index (χ1n) is 17.8. The fraction of sp³-hybridized carbons (Fsp3) is 0.174. The first-order chi connectivity index (χ1) is 25.3. The topological polar surface area (TPSA) is 91.8 Å². The van der Waals surface area contributed by atoms with E-state index < -0.39 is 35.0 Å². The lowest BCUT2D eigenvalue weighted by Crippen LogP contribution is -2.58. The van der Waals surface area contributed by atoms with Crippen molar-refractivity contribution in [2.75, 3.05) is 4.90 Å². The van der Waals surface area contributed by atoms with Crippen LogP contribution in [-0.2, 0) is 24.6 Å². The van der Waals surface area contributed by atoms with Crippen LogP contribution in [0.1, 0.15) is 41.0 Å². The molecule has 0 bridgehead atoms. The second kappa shape index (κ2) is 12.0. The summed E-state index contributed by atoms with van der Waals surface area (Å²) in [6, 6.07) is 37.1. The number of anilines is 1. The van der Waals surface area contributed by atoms with Crippen molar-refractivity contribution in [2.45, 2.75) is 24.2 Å². The van der Waals surface area contributed by atoms with E-state index in [2.05, 4.69) is 6.58 Å². The molecule has 4 aliphatic rings. The van der Waals surface area contributed by atoms with Crippen LogP contribution in [-0.4, -0.2) is 28.5 Å². The molecular weight excluding hydrogens is 647 g/mol. The number of aromatic hydroxyl groups is 1. The van der Waals surface area contributed by atoms with Crippen molar-refractivity contribution in [2.24, 2.45) is 23.7 Å². The van der Waals surface area contributed by atoms with Gasteiger partial charge in [0.05, 0.1) is 22.9 Å².